The molecule has 1 aliphatic rings. The quantitative estimate of drug-likeness (QED) is 0.0906. The van der Waals surface area contributed by atoms with Gasteiger partial charge < -0.3 is 31.3 Å². The lowest BCUT2D eigenvalue weighted by Crippen LogP contribution is -2.43. The van der Waals surface area contributed by atoms with Crippen molar-refractivity contribution in [3.05, 3.63) is 95.7 Å². The topological polar surface area (TPSA) is 128 Å². The Balaban J connectivity index is 1.28. The van der Waals surface area contributed by atoms with Crippen LogP contribution in [0, 0.1) is 0 Å². The Hall–Kier alpha value is -4.63. The fraction of sp³-hybridized carbons (Fsp3) is 0.361. The van der Waals surface area contributed by atoms with Gasteiger partial charge in [0.1, 0.15) is 11.5 Å². The normalized spacial score (nSPS) is 15.9. The molecule has 0 saturated carbocycles. The number of ether oxygens (including phenoxy) is 2. The molecule has 1 fully saturated rings. The first-order valence-corrected chi connectivity index (χ1v) is 15.6. The Morgan fingerprint density at radius 1 is 1.02 bits per heavy atom. The number of amides is 2. The van der Waals surface area contributed by atoms with Crippen molar-refractivity contribution in [2.45, 2.75) is 58.0 Å². The number of aliphatic imine (C=N–C) groups is 1. The summed E-state index contributed by atoms with van der Waals surface area (Å²) in [6, 6.07) is 24.5. The zero-order valence-corrected chi connectivity index (χ0v) is 26.6. The third kappa shape index (κ3) is 9.94. The number of rotatable bonds is 13. The number of benzene rings is 3. The molecule has 0 bridgehead atoms. The number of carbonyl (C=O) groups is 1. The van der Waals surface area contributed by atoms with E-state index in [9.17, 15) is 4.79 Å². The Morgan fingerprint density at radius 2 is 1.71 bits per heavy atom. The van der Waals surface area contributed by atoms with E-state index in [1.807, 2.05) is 67.3 Å². The van der Waals surface area contributed by atoms with Gasteiger partial charge in [-0.25, -0.2) is 4.79 Å². The van der Waals surface area contributed by atoms with Crippen LogP contribution in [0.15, 0.2) is 89.1 Å². The molecular formula is C36H46N6O3. The molecule has 1 unspecified atom stereocenters. The van der Waals surface area contributed by atoms with E-state index in [0.717, 1.165) is 60.1 Å². The molecular weight excluding hydrogens is 564 g/mol. The molecule has 5 N–H and O–H groups in total. The van der Waals surface area contributed by atoms with E-state index in [1.54, 1.807) is 19.5 Å². The van der Waals surface area contributed by atoms with E-state index in [-0.39, 0.29) is 18.1 Å². The molecule has 0 spiro atoms. The van der Waals surface area contributed by atoms with Gasteiger partial charge in [-0.05, 0) is 85.9 Å². The largest absolute Gasteiger partial charge is 0.497 e. The number of aryl methyl sites for hydroxylation is 1. The van der Waals surface area contributed by atoms with Gasteiger partial charge in [0.15, 0.2) is 0 Å². The SMILES string of the molecule is COc1ccc(-c2ccc(/C(N)=C/NC(=O)N3CCCCC3c3ccc(CCCOC/C(C=NC(C)C)=N/N)cc3)cc2)cc1. The molecule has 45 heavy (non-hydrogen) atoms. The minimum absolute atomic E-state index is 0.0241. The summed E-state index contributed by atoms with van der Waals surface area (Å²) >= 11 is 0. The highest BCUT2D eigenvalue weighted by Crippen LogP contribution is 2.31. The first-order chi connectivity index (χ1) is 21.9. The predicted molar refractivity (Wildman–Crippen MR) is 183 cm³/mol. The van der Waals surface area contributed by atoms with Crippen LogP contribution in [0.3, 0.4) is 0 Å². The van der Waals surface area contributed by atoms with Gasteiger partial charge in [0.05, 0.1) is 25.5 Å². The number of hydrogen-bond donors (Lipinski definition) is 3. The third-order valence-corrected chi connectivity index (χ3v) is 7.81. The molecule has 3 aromatic rings. The summed E-state index contributed by atoms with van der Waals surface area (Å²) in [4.78, 5) is 19.5. The van der Waals surface area contributed by atoms with Crippen molar-refractivity contribution in [3.63, 3.8) is 0 Å². The molecule has 1 atom stereocenters. The fourth-order valence-electron chi connectivity index (χ4n) is 5.27. The fourth-order valence-corrected chi connectivity index (χ4v) is 5.27. The molecule has 1 heterocycles. The Kier molecular flexibility index (Phi) is 12.6. The number of likely N-dealkylation sites (tertiary alicyclic amines) is 1. The zero-order valence-electron chi connectivity index (χ0n) is 26.6. The van der Waals surface area contributed by atoms with Crippen molar-refractivity contribution in [1.29, 1.82) is 0 Å². The van der Waals surface area contributed by atoms with Crippen LogP contribution in [0.25, 0.3) is 16.8 Å². The van der Waals surface area contributed by atoms with Crippen LogP contribution >= 0.6 is 0 Å². The molecule has 0 aliphatic carbocycles. The Labute approximate surface area is 267 Å². The van der Waals surface area contributed by atoms with E-state index in [2.05, 4.69) is 39.7 Å². The van der Waals surface area contributed by atoms with Crippen molar-refractivity contribution in [2.75, 3.05) is 26.9 Å². The van der Waals surface area contributed by atoms with Crippen LogP contribution in [0.4, 0.5) is 4.79 Å². The van der Waals surface area contributed by atoms with Crippen LogP contribution in [0.5, 0.6) is 5.75 Å². The van der Waals surface area contributed by atoms with Gasteiger partial charge in [-0.3, -0.25) is 4.99 Å². The van der Waals surface area contributed by atoms with Gasteiger partial charge in [0.2, 0.25) is 0 Å². The van der Waals surface area contributed by atoms with E-state index < -0.39 is 0 Å². The number of methoxy groups -OCH3 is 1. The second kappa shape index (κ2) is 17.0. The maximum atomic E-state index is 13.3. The summed E-state index contributed by atoms with van der Waals surface area (Å²) in [5.74, 6) is 6.25. The van der Waals surface area contributed by atoms with Gasteiger partial charge in [-0.15, -0.1) is 0 Å². The second-order valence-corrected chi connectivity index (χ2v) is 11.5. The van der Waals surface area contributed by atoms with Crippen LogP contribution in [0.1, 0.15) is 62.3 Å². The molecule has 2 amide bonds. The maximum absolute atomic E-state index is 13.3. The lowest BCUT2D eigenvalue weighted by atomic mass is 9.94. The van der Waals surface area contributed by atoms with Crippen LogP contribution in [-0.2, 0) is 11.2 Å². The highest BCUT2D eigenvalue weighted by atomic mass is 16.5. The lowest BCUT2D eigenvalue weighted by Gasteiger charge is -2.35. The summed E-state index contributed by atoms with van der Waals surface area (Å²) in [6.07, 6.45) is 8.05. The first-order valence-electron chi connectivity index (χ1n) is 15.6. The standard InChI is InChI=1S/C36H46N6O3/c1-26(2)39-23-32(41-38)25-45-22-6-7-27-9-11-31(12-10-27)35-8-4-5-21-42(35)36(43)40-24-34(37)30-15-13-28(14-16-30)29-17-19-33(44-3)20-18-29/h9-20,23-24,26,35H,4-8,21-22,25,37-38H2,1-3H3,(H,40,43)/b34-24-,39-23?,41-32+. The minimum atomic E-state index is -0.141. The molecule has 1 aliphatic heterocycles. The van der Waals surface area contributed by atoms with Crippen molar-refractivity contribution in [3.8, 4) is 16.9 Å². The van der Waals surface area contributed by atoms with Crippen LogP contribution < -0.4 is 21.6 Å². The highest BCUT2D eigenvalue weighted by molar-refractivity contribution is 6.31. The predicted octanol–water partition coefficient (Wildman–Crippen LogP) is 6.30. The number of hydrogen-bond acceptors (Lipinski definition) is 7. The summed E-state index contributed by atoms with van der Waals surface area (Å²) in [5.41, 5.74) is 12.9. The lowest BCUT2D eigenvalue weighted by molar-refractivity contribution is 0.154. The number of nitrogens with zero attached hydrogens (tertiary/aromatic N) is 3. The van der Waals surface area contributed by atoms with Gasteiger partial charge >= 0.3 is 6.03 Å². The number of piperidine rings is 1. The third-order valence-electron chi connectivity index (χ3n) is 7.81. The van der Waals surface area contributed by atoms with Crippen molar-refractivity contribution in [2.24, 2.45) is 21.7 Å². The average molecular weight is 611 g/mol. The van der Waals surface area contributed by atoms with Gasteiger partial charge in [0.25, 0.3) is 0 Å². The summed E-state index contributed by atoms with van der Waals surface area (Å²) in [5, 5.41) is 6.67. The maximum Gasteiger partial charge on any atom is 0.321 e. The number of nitrogens with two attached hydrogens (primary N) is 2. The average Bonchev–Trinajstić information content (AvgIpc) is 3.08. The molecule has 9 heteroatoms. The van der Waals surface area contributed by atoms with Crippen molar-refractivity contribution >= 4 is 23.7 Å². The van der Waals surface area contributed by atoms with Crippen LogP contribution in [-0.4, -0.2) is 55.8 Å². The molecule has 1 saturated heterocycles. The second-order valence-electron chi connectivity index (χ2n) is 11.5. The molecule has 4 rings (SSSR count). The summed E-state index contributed by atoms with van der Waals surface area (Å²) in [6.45, 7) is 5.66. The van der Waals surface area contributed by atoms with E-state index in [0.29, 0.717) is 31.2 Å². The zero-order chi connectivity index (χ0) is 32.0. The van der Waals surface area contributed by atoms with E-state index >= 15 is 0 Å². The molecule has 0 aromatic heterocycles. The number of carbonyl (C=O) groups excluding carboxylic acids is 1. The number of nitrogens with one attached hydrogen (secondary N) is 1. The molecule has 9 nitrogen and oxygen atoms in total. The molecule has 0 radical (unpaired) electrons. The summed E-state index contributed by atoms with van der Waals surface area (Å²) in [7, 11) is 1.66. The van der Waals surface area contributed by atoms with Gasteiger partial charge in [0, 0.05) is 31.6 Å². The Morgan fingerprint density at radius 3 is 2.36 bits per heavy atom. The van der Waals surface area contributed by atoms with Gasteiger partial charge in [-0.1, -0.05) is 60.7 Å². The summed E-state index contributed by atoms with van der Waals surface area (Å²) < 4.78 is 11.0. The smallest absolute Gasteiger partial charge is 0.321 e. The number of hydrazone groups is 1. The molecule has 238 valence electrons. The monoisotopic (exact) mass is 610 g/mol. The molecule has 3 aromatic carbocycles. The minimum Gasteiger partial charge on any atom is -0.497 e. The van der Waals surface area contributed by atoms with E-state index in [4.69, 9.17) is 21.1 Å². The van der Waals surface area contributed by atoms with Crippen molar-refractivity contribution < 1.29 is 14.3 Å². The van der Waals surface area contributed by atoms with Crippen LogP contribution in [0.2, 0.25) is 0 Å². The Bertz CT molecular complexity index is 1450. The van der Waals surface area contributed by atoms with E-state index in [1.165, 1.54) is 5.56 Å². The van der Waals surface area contributed by atoms with Gasteiger partial charge in [-0.2, -0.15) is 5.10 Å². The number of urea groups is 1. The highest BCUT2D eigenvalue weighted by Gasteiger charge is 2.27. The first kappa shape index (κ1) is 33.3. The van der Waals surface area contributed by atoms with Crippen molar-refractivity contribution in [1.82, 2.24) is 10.2 Å².